The monoisotopic (exact) mass is 457 g/mol. The van der Waals surface area contributed by atoms with Gasteiger partial charge >= 0.3 is 0 Å². The van der Waals surface area contributed by atoms with Gasteiger partial charge in [-0.15, -0.1) is 4.40 Å². The van der Waals surface area contributed by atoms with Gasteiger partial charge in [0, 0.05) is 12.6 Å². The van der Waals surface area contributed by atoms with Crippen molar-refractivity contribution in [2.45, 2.75) is 31.7 Å². The summed E-state index contributed by atoms with van der Waals surface area (Å²) in [5, 5.41) is 24.3. The molecule has 1 aliphatic rings. The van der Waals surface area contributed by atoms with Crippen molar-refractivity contribution >= 4 is 32.4 Å². The summed E-state index contributed by atoms with van der Waals surface area (Å²) in [4.78, 5) is 13.3. The van der Waals surface area contributed by atoms with Crippen molar-refractivity contribution in [2.24, 2.45) is 10.3 Å². The Hall–Kier alpha value is -3.53. The summed E-state index contributed by atoms with van der Waals surface area (Å²) in [6, 6.07) is 8.97. The first-order valence-electron chi connectivity index (χ1n) is 10.0. The third kappa shape index (κ3) is 3.56. The number of hydrogen-bond acceptors (Lipinski definition) is 7. The zero-order chi connectivity index (χ0) is 23.2. The minimum absolute atomic E-state index is 0.0493. The molecule has 0 spiro atoms. The Labute approximate surface area is 184 Å². The van der Waals surface area contributed by atoms with Crippen LogP contribution < -0.4 is 15.6 Å². The lowest BCUT2D eigenvalue weighted by Crippen LogP contribution is -2.33. The van der Waals surface area contributed by atoms with Gasteiger partial charge in [-0.3, -0.25) is 4.79 Å². The number of sulfonamides is 1. The molecule has 0 unspecified atom stereocenters. The maximum atomic E-state index is 13.4. The van der Waals surface area contributed by atoms with Gasteiger partial charge in [0.25, 0.3) is 15.6 Å². The number of hydrogen-bond donors (Lipinski definition) is 3. The van der Waals surface area contributed by atoms with Gasteiger partial charge in [0.2, 0.25) is 0 Å². The lowest BCUT2D eigenvalue weighted by Gasteiger charge is -2.21. The third-order valence-corrected chi connectivity index (χ3v) is 6.66. The molecule has 0 saturated carbocycles. The number of methoxy groups -OCH3 is 1. The van der Waals surface area contributed by atoms with Crippen molar-refractivity contribution in [3.8, 4) is 17.2 Å². The van der Waals surface area contributed by atoms with Crippen LogP contribution in [0.25, 0.3) is 10.9 Å². The van der Waals surface area contributed by atoms with Gasteiger partial charge in [-0.1, -0.05) is 19.9 Å². The summed E-state index contributed by atoms with van der Waals surface area (Å²) in [7, 11) is -2.77. The van der Waals surface area contributed by atoms with E-state index in [9.17, 15) is 23.4 Å². The number of pyridine rings is 1. The highest BCUT2D eigenvalue weighted by Gasteiger charge is 2.31. The molecule has 3 aromatic rings. The molecule has 1 aromatic heterocycles. The summed E-state index contributed by atoms with van der Waals surface area (Å²) in [6.07, 6.45) is 0.662. The van der Waals surface area contributed by atoms with Crippen LogP contribution >= 0.6 is 0 Å². The summed E-state index contributed by atoms with van der Waals surface area (Å²) in [5.41, 5.74) is -0.394. The van der Waals surface area contributed by atoms with Crippen LogP contribution in [0.5, 0.6) is 17.2 Å². The number of nitrogens with one attached hydrogen (secondary N) is 1. The van der Waals surface area contributed by atoms with E-state index < -0.39 is 21.3 Å². The molecule has 1 aliphatic heterocycles. The molecule has 3 N–H and O–H groups in total. The predicted octanol–water partition coefficient (Wildman–Crippen LogP) is 3.03. The van der Waals surface area contributed by atoms with Crippen LogP contribution in [-0.2, 0) is 16.6 Å². The Morgan fingerprint density at radius 2 is 1.94 bits per heavy atom. The van der Waals surface area contributed by atoms with Crippen molar-refractivity contribution < 1.29 is 23.4 Å². The first-order chi connectivity index (χ1) is 15.1. The number of phenols is 1. The average molecular weight is 458 g/mol. The molecular weight excluding hydrogens is 434 g/mol. The largest absolute Gasteiger partial charge is 0.507 e. The first kappa shape index (κ1) is 21.7. The van der Waals surface area contributed by atoms with E-state index in [2.05, 4.69) is 9.71 Å². The Morgan fingerprint density at radius 3 is 2.62 bits per heavy atom. The fourth-order valence-corrected chi connectivity index (χ4v) is 4.80. The molecule has 10 heteroatoms. The van der Waals surface area contributed by atoms with Crippen molar-refractivity contribution in [3.63, 3.8) is 0 Å². The topological polar surface area (TPSA) is 130 Å². The molecule has 9 nitrogen and oxygen atoms in total. The van der Waals surface area contributed by atoms with Gasteiger partial charge in [-0.2, -0.15) is 8.42 Å². The van der Waals surface area contributed by atoms with Gasteiger partial charge in [0.1, 0.15) is 27.7 Å². The molecule has 2 heterocycles. The smallest absolute Gasteiger partial charge is 0.286 e. The summed E-state index contributed by atoms with van der Waals surface area (Å²) in [5.74, 6) is -0.457. The van der Waals surface area contributed by atoms with Crippen LogP contribution in [-0.4, -0.2) is 36.1 Å². The molecule has 0 saturated heterocycles. The third-order valence-electron chi connectivity index (χ3n) is 5.34. The number of phenolic OH excluding ortho intramolecular Hbond substituents is 1. The molecule has 0 amide bonds. The number of aromatic hydroxyl groups is 2. The highest BCUT2D eigenvalue weighted by molar-refractivity contribution is 7.90. The van der Waals surface area contributed by atoms with E-state index in [0.29, 0.717) is 30.1 Å². The molecular formula is C22H23N3O6S. The van der Waals surface area contributed by atoms with Crippen LogP contribution in [0.15, 0.2) is 50.5 Å². The maximum Gasteiger partial charge on any atom is 0.286 e. The van der Waals surface area contributed by atoms with Gasteiger partial charge < -0.3 is 24.8 Å². The van der Waals surface area contributed by atoms with Gasteiger partial charge in [-0.25, -0.2) is 0 Å². The van der Waals surface area contributed by atoms with Gasteiger partial charge in [0.15, 0.2) is 5.84 Å². The van der Waals surface area contributed by atoms with E-state index in [0.717, 1.165) is 0 Å². The Kier molecular flexibility index (Phi) is 5.33. The fraction of sp³-hybridized carbons (Fsp3) is 0.273. The van der Waals surface area contributed by atoms with Crippen LogP contribution in [0.2, 0.25) is 0 Å². The number of aromatic nitrogens is 1. The molecule has 4 rings (SSSR count). The van der Waals surface area contributed by atoms with Gasteiger partial charge in [0.05, 0.1) is 23.7 Å². The molecule has 2 aromatic carbocycles. The normalized spacial score (nSPS) is 14.7. The number of anilines is 1. The molecule has 0 atom stereocenters. The van der Waals surface area contributed by atoms with E-state index in [1.165, 1.54) is 29.9 Å². The minimum atomic E-state index is -4.18. The van der Waals surface area contributed by atoms with Gasteiger partial charge in [-0.05, 0) is 36.6 Å². The summed E-state index contributed by atoms with van der Waals surface area (Å²) in [6.45, 7) is 4.34. The van der Waals surface area contributed by atoms with Crippen molar-refractivity contribution in [1.82, 2.24) is 4.57 Å². The Bertz CT molecular complexity index is 1420. The molecule has 168 valence electrons. The molecule has 0 bridgehead atoms. The lowest BCUT2D eigenvalue weighted by atomic mass is 10.1. The number of ether oxygens (including phenoxy) is 1. The second-order valence-corrected chi connectivity index (χ2v) is 9.51. The average Bonchev–Trinajstić information content (AvgIpc) is 2.72. The number of rotatable bonds is 5. The van der Waals surface area contributed by atoms with Crippen molar-refractivity contribution in [3.05, 3.63) is 52.3 Å². The fourth-order valence-electron chi connectivity index (χ4n) is 3.66. The number of fused-ring (bicyclic) bond motifs is 2. The van der Waals surface area contributed by atoms with Crippen molar-refractivity contribution in [1.29, 1.82) is 0 Å². The van der Waals surface area contributed by atoms with Crippen LogP contribution in [0, 0.1) is 5.92 Å². The van der Waals surface area contributed by atoms with Crippen molar-refractivity contribution in [2.75, 3.05) is 12.4 Å². The second kappa shape index (κ2) is 7.86. The molecule has 32 heavy (non-hydrogen) atoms. The summed E-state index contributed by atoms with van der Waals surface area (Å²) < 4.78 is 36.0. The number of aryl methyl sites for hydroxylation is 1. The minimum Gasteiger partial charge on any atom is -0.507 e. The van der Waals surface area contributed by atoms with E-state index in [1.54, 1.807) is 18.2 Å². The van der Waals surface area contributed by atoms with Crippen LogP contribution in [0.4, 0.5) is 5.69 Å². The van der Waals surface area contributed by atoms with Crippen LogP contribution in [0.1, 0.15) is 25.8 Å². The number of amidine groups is 1. The zero-order valence-electron chi connectivity index (χ0n) is 17.8. The second-order valence-electron chi connectivity index (χ2n) is 7.94. The highest BCUT2D eigenvalue weighted by atomic mass is 32.2. The van der Waals surface area contributed by atoms with E-state index in [1.807, 2.05) is 13.8 Å². The van der Waals surface area contributed by atoms with E-state index in [-0.39, 0.29) is 33.1 Å². The standard InChI is InChI=1S/C22H23N3O6S/c1-12(2)9-10-25-15-5-4-6-16(26)18(15)20(27)19(22(25)28)21-23-14-8-7-13(31-3)11-17(14)32(29,30)24-21/h4-8,11-12,26-27H,9-10H2,1-3H3,(H,23,24). The summed E-state index contributed by atoms with van der Waals surface area (Å²) >= 11 is 0. The Morgan fingerprint density at radius 1 is 1.19 bits per heavy atom. The number of benzene rings is 2. The van der Waals surface area contributed by atoms with E-state index in [4.69, 9.17) is 4.74 Å². The quantitative estimate of drug-likeness (QED) is 0.537. The zero-order valence-corrected chi connectivity index (χ0v) is 18.6. The van der Waals surface area contributed by atoms with E-state index >= 15 is 0 Å². The SMILES string of the molecule is COc1ccc2c(c1)S(=O)(=O)N=C(c1c(O)c3c(O)cccc3n(CCC(C)C)c1=O)N2. The Balaban J connectivity index is 1.98. The maximum absolute atomic E-state index is 13.4. The lowest BCUT2D eigenvalue weighted by molar-refractivity contribution is 0.413. The first-order valence-corrected chi connectivity index (χ1v) is 11.5. The molecule has 0 aliphatic carbocycles. The number of nitrogens with zero attached hydrogens (tertiary/aromatic N) is 2. The predicted molar refractivity (Wildman–Crippen MR) is 121 cm³/mol. The molecule has 0 fully saturated rings. The highest BCUT2D eigenvalue weighted by Crippen LogP contribution is 2.37. The molecule has 0 radical (unpaired) electrons. The van der Waals surface area contributed by atoms with Crippen LogP contribution in [0.3, 0.4) is 0 Å².